The highest BCUT2D eigenvalue weighted by Gasteiger charge is 2.53. The maximum absolute atomic E-state index is 14.7. The third-order valence-electron chi connectivity index (χ3n) is 25.1. The van der Waals surface area contributed by atoms with Crippen molar-refractivity contribution in [1.29, 1.82) is 0 Å². The SMILES string of the molecule is CO[C@H]1C[C@@H]2CC[C@@H](C)[C@@](O)(O2)C(=O)C(=O)N2CCCC[C@H]2C(=O)O[C@H]([C@H](N)C[C@@H]2CC[C@@H](OCCCCc3cn(CCOCCOCCOCCOCCOCCOCCOCCOCCC(=O)N4CCC(Cn5nc(-c6ccc7oc(N)nc7c6)c6c(N)ncnc65)CC4)nn3)[C@H](OC)C2)CC(=O)[C@H](C)/C=C(\C)[C@@H](O)[C@@H](OC)C(=O)[C@H](C)C[C@H](C)/C=C/C=CC=C1C. The molecule has 0 unspecified atom stereocenters. The van der Waals surface area contributed by atoms with Crippen LogP contribution in [-0.4, -0.2) is 309 Å². The molecule has 5 aromatic rings. The summed E-state index contributed by atoms with van der Waals surface area (Å²) in [6.07, 6.45) is 18.3. The molecule has 8 heterocycles. The van der Waals surface area contributed by atoms with E-state index in [1.807, 2.05) is 72.1 Å². The van der Waals surface area contributed by atoms with Crippen molar-refractivity contribution in [3.8, 4) is 11.3 Å². The molecule has 36 nitrogen and oxygen atoms in total. The van der Waals surface area contributed by atoms with E-state index in [1.54, 1.807) is 58.7 Å². The number of unbranched alkanes of at least 4 members (excludes halogenated alkanes) is 1. The van der Waals surface area contributed by atoms with Crippen LogP contribution in [0.3, 0.4) is 0 Å². The lowest BCUT2D eigenvalue weighted by Crippen LogP contribution is -2.61. The number of carbonyl (C=O) groups excluding carboxylic acids is 6. The molecule has 129 heavy (non-hydrogen) atoms. The minimum absolute atomic E-state index is 0.0144. The number of nitrogen functional groups attached to an aromatic ring is 2. The number of ether oxygens (including phenoxy) is 14. The van der Waals surface area contributed by atoms with Crippen molar-refractivity contribution >= 4 is 69.1 Å². The van der Waals surface area contributed by atoms with Gasteiger partial charge in [-0.1, -0.05) is 69.4 Å². The fourth-order valence-electron chi connectivity index (χ4n) is 17.5. The third-order valence-corrected chi connectivity index (χ3v) is 25.1. The molecule has 0 spiro atoms. The number of fused-ring (bicyclic) bond motifs is 5. The molecule has 4 fully saturated rings. The Morgan fingerprint density at radius 2 is 1.37 bits per heavy atom. The first-order valence-corrected chi connectivity index (χ1v) is 46.1. The fourth-order valence-corrected chi connectivity index (χ4v) is 17.5. The van der Waals surface area contributed by atoms with Gasteiger partial charge in [0.05, 0.1) is 154 Å². The number of allylic oxidation sites excluding steroid dienone is 6. The monoisotopic (exact) mass is 1810 g/mol. The number of esters is 1. The predicted molar refractivity (Wildman–Crippen MR) is 478 cm³/mol. The number of nitrogens with zero attached hydrogens (tertiary/aromatic N) is 10. The highest BCUT2D eigenvalue weighted by Crippen LogP contribution is 2.39. The van der Waals surface area contributed by atoms with E-state index in [2.05, 4.69) is 25.3 Å². The Morgan fingerprint density at radius 1 is 0.698 bits per heavy atom. The van der Waals surface area contributed by atoms with Crippen LogP contribution >= 0.6 is 0 Å². The van der Waals surface area contributed by atoms with Crippen LogP contribution in [-0.2, 0) is 115 Å². The van der Waals surface area contributed by atoms with E-state index < -0.39 is 83.8 Å². The molecule has 1 aromatic carbocycles. The number of carbonyl (C=O) groups is 6. The average Bonchev–Trinajstić information content (AvgIpc) is 1.73. The Bertz CT molecular complexity index is 4430. The van der Waals surface area contributed by atoms with Crippen LogP contribution in [0.25, 0.3) is 33.4 Å². The smallest absolute Gasteiger partial charge is 0.329 e. The van der Waals surface area contributed by atoms with E-state index in [9.17, 15) is 39.0 Å². The van der Waals surface area contributed by atoms with E-state index in [1.165, 1.54) is 18.3 Å². The normalized spacial score (nSPS) is 26.6. The first-order chi connectivity index (χ1) is 62.4. The Kier molecular flexibility index (Phi) is 42.6. The molecule has 15 atom stereocenters. The quantitative estimate of drug-likeness (QED) is 0.0107. The molecule has 1 saturated carbocycles. The van der Waals surface area contributed by atoms with Gasteiger partial charge >= 0.3 is 5.97 Å². The summed E-state index contributed by atoms with van der Waals surface area (Å²) in [4.78, 5) is 101. The number of rotatable bonds is 42. The van der Waals surface area contributed by atoms with E-state index in [-0.39, 0.29) is 73.3 Å². The Hall–Kier alpha value is -8.28. The number of anilines is 2. The molecule has 36 heteroatoms. The number of piperidine rings is 2. The van der Waals surface area contributed by atoms with Crippen LogP contribution in [0, 0.1) is 35.5 Å². The highest BCUT2D eigenvalue weighted by molar-refractivity contribution is 6.39. The Labute approximate surface area is 756 Å². The minimum atomic E-state index is -2.48. The van der Waals surface area contributed by atoms with Gasteiger partial charge in [0, 0.05) is 103 Å². The van der Waals surface area contributed by atoms with Crippen molar-refractivity contribution in [2.24, 2.45) is 41.2 Å². The number of ketones is 3. The number of Topliss-reactive ketones (excluding diaryl/α,β-unsaturated/α-hetero) is 3. The second kappa shape index (κ2) is 53.4. The number of hydrogen-bond acceptors (Lipinski definition) is 32. The van der Waals surface area contributed by atoms with Crippen LogP contribution in [0.15, 0.2) is 82.7 Å². The summed E-state index contributed by atoms with van der Waals surface area (Å²) >= 11 is 0. The maximum atomic E-state index is 14.7. The van der Waals surface area contributed by atoms with Crippen LogP contribution in [0.4, 0.5) is 11.8 Å². The van der Waals surface area contributed by atoms with Crippen LogP contribution < -0.4 is 17.2 Å². The molecule has 3 saturated heterocycles. The number of nitrogens with two attached hydrogens (primary N) is 3. The number of likely N-dealkylation sites (tertiary alicyclic amines) is 1. The topological polar surface area (TPSA) is 457 Å². The number of amides is 2. The molecule has 2 amide bonds. The number of benzene rings is 1. The molecular formula is C93H141N13O23. The zero-order valence-corrected chi connectivity index (χ0v) is 77.0. The van der Waals surface area contributed by atoms with Gasteiger partial charge < -0.3 is 108 Å². The van der Waals surface area contributed by atoms with Crippen LogP contribution in [0.5, 0.6) is 0 Å². The van der Waals surface area contributed by atoms with Gasteiger partial charge in [-0.05, 0) is 157 Å². The van der Waals surface area contributed by atoms with Crippen LogP contribution in [0.2, 0.25) is 0 Å². The zero-order valence-electron chi connectivity index (χ0n) is 77.0. The molecule has 4 aliphatic heterocycles. The predicted octanol–water partition coefficient (Wildman–Crippen LogP) is 8.08. The molecule has 5 aliphatic rings. The Balaban J connectivity index is 0.542. The summed E-state index contributed by atoms with van der Waals surface area (Å²) in [5.41, 5.74) is 24.6. The van der Waals surface area contributed by atoms with Crippen molar-refractivity contribution in [2.75, 3.05) is 165 Å². The molecule has 2 bridgehead atoms. The lowest BCUT2D eigenvalue weighted by atomic mass is 9.80. The minimum Gasteiger partial charge on any atom is -0.459 e. The standard InChI is InChI=1S/C93H141N13O23/c1-61-17-11-10-12-18-62(2)78(115-7)56-71-24-21-66(6)93(114,129-71)87(111)90(112)105-30-15-13-20-74(105)91(113)127-79(57-75(107)63(3)52-65(5)85(110)86(117-9)84(109)64(4)51-61)72(94)53-68-22-25-77(80(54-68)116-8)126-34-16-14-19-70-59-104(102-100-70)33-36-119-38-40-121-42-44-123-46-48-125-50-49-124-47-45-122-43-41-120-39-37-118-35-29-81(108)103-31-27-67(28-32-103)58-106-89-82(88(95)97-60-98-89)83(101-106)69-23-26-76-73(55-69)99-92(96)128-76/h10-12,17-18,23,26,52,55,59-61,63-64,66-68,71-72,74,77-80,85-86,110,114H,13-16,19-22,24-25,27-51,53-54,56-58,94H2,1-9H3,(H2,96,99)(H2,95,97,98)/b12-10?,17-11+,62-18?,65-52+/t61-,63-,64-,66-,68+,71+,72-,74+,77-,78+,79+,80-,85-,86+,93-/m1/s1. The molecule has 0 radical (unpaired) electrons. The fraction of sp³-hybridized carbons (Fsp3) is 0.699. The van der Waals surface area contributed by atoms with Crippen molar-refractivity contribution < 1.29 is 110 Å². The van der Waals surface area contributed by atoms with Crippen LogP contribution in [0.1, 0.15) is 156 Å². The summed E-state index contributed by atoms with van der Waals surface area (Å²) in [6.45, 7) is 20.4. The van der Waals surface area contributed by atoms with E-state index >= 15 is 0 Å². The van der Waals surface area contributed by atoms with Gasteiger partial charge in [-0.25, -0.2) is 24.1 Å². The summed E-state index contributed by atoms with van der Waals surface area (Å²) in [5, 5.41) is 38.1. The average molecular weight is 1810 g/mol. The lowest BCUT2D eigenvalue weighted by molar-refractivity contribution is -0.265. The summed E-state index contributed by atoms with van der Waals surface area (Å²) in [7, 11) is 4.60. The van der Waals surface area contributed by atoms with Gasteiger partial charge in [0.15, 0.2) is 17.0 Å². The first kappa shape index (κ1) is 103. The van der Waals surface area contributed by atoms with Crippen molar-refractivity contribution in [2.45, 2.75) is 231 Å². The number of cyclic esters (lactones) is 1. The zero-order chi connectivity index (χ0) is 92.2. The van der Waals surface area contributed by atoms with E-state index in [0.29, 0.717) is 248 Å². The van der Waals surface area contributed by atoms with Gasteiger partial charge in [-0.3, -0.25) is 24.0 Å². The first-order valence-electron chi connectivity index (χ1n) is 46.1. The summed E-state index contributed by atoms with van der Waals surface area (Å²) < 4.78 is 90.9. The number of aliphatic hydroxyl groups is 2. The van der Waals surface area contributed by atoms with Gasteiger partial charge in [0.1, 0.15) is 53.5 Å². The largest absolute Gasteiger partial charge is 0.459 e. The number of aryl methyl sites for hydroxylation is 1. The second-order valence-corrected chi connectivity index (χ2v) is 34.7. The van der Waals surface area contributed by atoms with Gasteiger partial charge in [-0.15, -0.1) is 5.10 Å². The highest BCUT2D eigenvalue weighted by atomic mass is 16.6. The molecule has 716 valence electrons. The number of oxazole rings is 1. The molecule has 4 aromatic heterocycles. The number of methoxy groups -OCH3 is 3. The molecule has 1 aliphatic carbocycles. The number of aliphatic hydroxyl groups excluding tert-OH is 1. The number of aromatic nitrogens is 8. The number of hydrogen-bond donors (Lipinski definition) is 5. The second-order valence-electron chi connectivity index (χ2n) is 34.7. The molecule has 8 N–H and O–H groups in total. The van der Waals surface area contributed by atoms with Gasteiger partial charge in [-0.2, -0.15) is 10.1 Å². The van der Waals surface area contributed by atoms with Crippen molar-refractivity contribution in [1.82, 2.24) is 49.5 Å². The van der Waals surface area contributed by atoms with E-state index in [4.69, 9.17) is 93.0 Å². The summed E-state index contributed by atoms with van der Waals surface area (Å²) in [5.74, 6) is -7.58. The lowest BCUT2D eigenvalue weighted by Gasteiger charge is -2.42. The molecular weight excluding hydrogens is 1670 g/mol. The van der Waals surface area contributed by atoms with Crippen molar-refractivity contribution in [3.05, 3.63) is 84.0 Å². The third kappa shape index (κ3) is 31.2. The van der Waals surface area contributed by atoms with E-state index in [0.717, 1.165) is 48.9 Å². The van der Waals surface area contributed by atoms with Gasteiger partial charge in [0.25, 0.3) is 17.7 Å². The Morgan fingerprint density at radius 3 is 2.04 bits per heavy atom. The maximum Gasteiger partial charge on any atom is 0.329 e. The summed E-state index contributed by atoms with van der Waals surface area (Å²) in [6, 6.07) is 3.55. The van der Waals surface area contributed by atoms with Crippen molar-refractivity contribution in [3.63, 3.8) is 0 Å². The molecule has 10 rings (SSSR count). The van der Waals surface area contributed by atoms with Gasteiger partial charge in [0.2, 0.25) is 11.7 Å².